The summed E-state index contributed by atoms with van der Waals surface area (Å²) < 4.78 is 0. The van der Waals surface area contributed by atoms with E-state index in [0.717, 1.165) is 46.6 Å². The Labute approximate surface area is 199 Å². The molecule has 7 heteroatoms. The minimum atomic E-state index is -0.312. The highest BCUT2D eigenvalue weighted by atomic mass is 16.3. The summed E-state index contributed by atoms with van der Waals surface area (Å²) in [5.74, 6) is 0.00436. The lowest BCUT2D eigenvalue weighted by atomic mass is 10.00. The molecule has 1 unspecified atom stereocenters. The highest BCUT2D eigenvalue weighted by molar-refractivity contribution is 5.99. The Balaban J connectivity index is 1.38. The molecule has 7 nitrogen and oxygen atoms in total. The van der Waals surface area contributed by atoms with E-state index in [1.54, 1.807) is 0 Å². The summed E-state index contributed by atoms with van der Waals surface area (Å²) in [5, 5.41) is 12.9. The Morgan fingerprint density at radius 3 is 2.85 bits per heavy atom. The SMILES string of the molecule is CN(C(=O)Cc1ccc2c(c1)NC(=O)C2)C(CN1CC[C@@H](O)C1)c1cccc(-c2ccc[nH]2)c1. The number of fused-ring (bicyclic) bond motifs is 1. The van der Waals surface area contributed by atoms with E-state index in [4.69, 9.17) is 0 Å². The first-order chi connectivity index (χ1) is 16.5. The fourth-order valence-electron chi connectivity index (χ4n) is 4.94. The molecule has 2 aliphatic heterocycles. The molecule has 5 rings (SSSR count). The number of nitrogens with zero attached hydrogens (tertiary/aromatic N) is 2. The van der Waals surface area contributed by atoms with Gasteiger partial charge in [-0.3, -0.25) is 14.5 Å². The number of aromatic amines is 1. The third kappa shape index (κ3) is 4.76. The van der Waals surface area contributed by atoms with Crippen LogP contribution in [-0.4, -0.2) is 64.5 Å². The molecule has 0 aliphatic carbocycles. The van der Waals surface area contributed by atoms with Crippen LogP contribution in [0.5, 0.6) is 0 Å². The molecule has 176 valence electrons. The molecule has 34 heavy (non-hydrogen) atoms. The monoisotopic (exact) mass is 458 g/mol. The number of aliphatic hydroxyl groups is 1. The maximum atomic E-state index is 13.4. The zero-order valence-electron chi connectivity index (χ0n) is 19.3. The molecule has 1 fully saturated rings. The van der Waals surface area contributed by atoms with E-state index < -0.39 is 0 Å². The molecule has 0 bridgehead atoms. The summed E-state index contributed by atoms with van der Waals surface area (Å²) in [7, 11) is 1.86. The van der Waals surface area contributed by atoms with Crippen molar-refractivity contribution in [1.82, 2.24) is 14.8 Å². The number of anilines is 1. The highest BCUT2D eigenvalue weighted by Crippen LogP contribution is 2.29. The Bertz CT molecular complexity index is 1190. The number of carbonyl (C=O) groups is 2. The first-order valence-corrected chi connectivity index (χ1v) is 11.8. The zero-order chi connectivity index (χ0) is 23.7. The van der Waals surface area contributed by atoms with Crippen molar-refractivity contribution in [2.24, 2.45) is 0 Å². The molecule has 3 N–H and O–H groups in total. The maximum Gasteiger partial charge on any atom is 0.228 e. The van der Waals surface area contributed by atoms with Crippen LogP contribution in [-0.2, 0) is 22.4 Å². The largest absolute Gasteiger partial charge is 0.392 e. The number of β-amino-alcohol motifs (C(OH)–C–C–N with tert-alkyl or cyclic N) is 1. The minimum Gasteiger partial charge on any atom is -0.392 e. The fourth-order valence-corrected chi connectivity index (χ4v) is 4.94. The fraction of sp³-hybridized carbons (Fsp3) is 0.333. The van der Waals surface area contributed by atoms with Crippen molar-refractivity contribution in [3.05, 3.63) is 77.5 Å². The van der Waals surface area contributed by atoms with E-state index in [0.29, 0.717) is 19.5 Å². The summed E-state index contributed by atoms with van der Waals surface area (Å²) in [6, 6.07) is 17.9. The number of likely N-dealkylation sites (tertiary alicyclic amines) is 1. The Kier molecular flexibility index (Phi) is 6.22. The van der Waals surface area contributed by atoms with Gasteiger partial charge in [0.25, 0.3) is 0 Å². The number of benzene rings is 2. The van der Waals surface area contributed by atoms with Gasteiger partial charge in [-0.1, -0.05) is 30.3 Å². The van der Waals surface area contributed by atoms with Crippen LogP contribution in [0.3, 0.4) is 0 Å². The van der Waals surface area contributed by atoms with E-state index in [1.807, 2.05) is 54.5 Å². The molecule has 1 saturated heterocycles. The number of likely N-dealkylation sites (N-methyl/N-ethyl adjacent to an activating group) is 1. The number of nitrogens with one attached hydrogen (secondary N) is 2. The van der Waals surface area contributed by atoms with Gasteiger partial charge in [-0.2, -0.15) is 0 Å². The van der Waals surface area contributed by atoms with Gasteiger partial charge in [-0.25, -0.2) is 0 Å². The van der Waals surface area contributed by atoms with E-state index in [2.05, 4.69) is 33.4 Å². The number of hydrogen-bond donors (Lipinski definition) is 3. The molecule has 0 radical (unpaired) electrons. The van der Waals surface area contributed by atoms with Crippen LogP contribution in [0, 0.1) is 0 Å². The molecular weight excluding hydrogens is 428 g/mol. The first kappa shape index (κ1) is 22.4. The maximum absolute atomic E-state index is 13.4. The number of amides is 2. The van der Waals surface area contributed by atoms with Crippen LogP contribution < -0.4 is 5.32 Å². The van der Waals surface area contributed by atoms with E-state index in [9.17, 15) is 14.7 Å². The molecule has 2 aliphatic rings. The second kappa shape index (κ2) is 9.44. The quantitative estimate of drug-likeness (QED) is 0.508. The summed E-state index contributed by atoms with van der Waals surface area (Å²) in [6.45, 7) is 2.10. The first-order valence-electron chi connectivity index (χ1n) is 11.8. The van der Waals surface area contributed by atoms with Gasteiger partial charge >= 0.3 is 0 Å². The standard InChI is InChI=1S/C27H30N4O3/c1-30(27(34)13-18-7-8-20-15-26(33)29-24(20)12-18)25(17-31-11-9-22(32)16-31)21-5-2-4-19(14-21)23-6-3-10-28-23/h2-8,10,12,14,22,25,28,32H,9,11,13,15-17H2,1H3,(H,29,33)/t22-,25?/m1/s1. The number of carbonyl (C=O) groups excluding carboxylic acids is 2. The third-order valence-corrected chi connectivity index (χ3v) is 6.87. The average molecular weight is 459 g/mol. The van der Waals surface area contributed by atoms with Crippen LogP contribution in [0.2, 0.25) is 0 Å². The topological polar surface area (TPSA) is 88.7 Å². The lowest BCUT2D eigenvalue weighted by Gasteiger charge is -2.32. The van der Waals surface area contributed by atoms with E-state index in [-0.39, 0.29) is 30.4 Å². The van der Waals surface area contributed by atoms with Crippen molar-refractivity contribution in [2.75, 3.05) is 32.0 Å². The zero-order valence-corrected chi connectivity index (χ0v) is 19.3. The predicted molar refractivity (Wildman–Crippen MR) is 131 cm³/mol. The summed E-state index contributed by atoms with van der Waals surface area (Å²) in [6.07, 6.45) is 3.00. The number of aromatic nitrogens is 1. The van der Waals surface area contributed by atoms with E-state index in [1.165, 1.54) is 0 Å². The highest BCUT2D eigenvalue weighted by Gasteiger charge is 2.29. The lowest BCUT2D eigenvalue weighted by Crippen LogP contribution is -2.39. The minimum absolute atomic E-state index is 0.00888. The summed E-state index contributed by atoms with van der Waals surface area (Å²) in [5.41, 5.74) is 5.83. The van der Waals surface area contributed by atoms with Gasteiger partial charge in [-0.15, -0.1) is 0 Å². The normalized spacial score (nSPS) is 18.5. The molecule has 2 amide bonds. The summed E-state index contributed by atoms with van der Waals surface area (Å²) >= 11 is 0. The average Bonchev–Trinajstić information content (AvgIpc) is 3.57. The molecule has 3 heterocycles. The lowest BCUT2D eigenvalue weighted by molar-refractivity contribution is -0.131. The second-order valence-electron chi connectivity index (χ2n) is 9.33. The van der Waals surface area contributed by atoms with Gasteiger partial charge in [0, 0.05) is 44.3 Å². The van der Waals surface area contributed by atoms with Gasteiger partial charge < -0.3 is 20.3 Å². The van der Waals surface area contributed by atoms with Gasteiger partial charge in [-0.05, 0) is 52.9 Å². The molecule has 1 aromatic heterocycles. The molecule has 2 aromatic carbocycles. The summed E-state index contributed by atoms with van der Waals surface area (Å²) in [4.78, 5) is 32.4. The Morgan fingerprint density at radius 1 is 1.21 bits per heavy atom. The molecule has 2 atom stereocenters. The second-order valence-corrected chi connectivity index (χ2v) is 9.33. The van der Waals surface area contributed by atoms with Crippen molar-refractivity contribution in [2.45, 2.75) is 31.4 Å². The van der Waals surface area contributed by atoms with Crippen LogP contribution in [0.1, 0.15) is 29.2 Å². The van der Waals surface area contributed by atoms with Crippen molar-refractivity contribution < 1.29 is 14.7 Å². The van der Waals surface area contributed by atoms with Crippen molar-refractivity contribution in [3.8, 4) is 11.3 Å². The molecular formula is C27H30N4O3. The van der Waals surface area contributed by atoms with Gasteiger partial charge in [0.1, 0.15) is 0 Å². The van der Waals surface area contributed by atoms with Crippen molar-refractivity contribution >= 4 is 17.5 Å². The Morgan fingerprint density at radius 2 is 2.09 bits per heavy atom. The van der Waals surface area contributed by atoms with Gasteiger partial charge in [0.05, 0.1) is 25.0 Å². The van der Waals surface area contributed by atoms with Crippen LogP contribution in [0.25, 0.3) is 11.3 Å². The van der Waals surface area contributed by atoms with E-state index >= 15 is 0 Å². The van der Waals surface area contributed by atoms with Gasteiger partial charge in [0.2, 0.25) is 11.8 Å². The van der Waals surface area contributed by atoms with Crippen LogP contribution in [0.4, 0.5) is 5.69 Å². The smallest absolute Gasteiger partial charge is 0.228 e. The van der Waals surface area contributed by atoms with Crippen LogP contribution >= 0.6 is 0 Å². The number of hydrogen-bond acceptors (Lipinski definition) is 4. The van der Waals surface area contributed by atoms with Crippen molar-refractivity contribution in [3.63, 3.8) is 0 Å². The van der Waals surface area contributed by atoms with Crippen molar-refractivity contribution in [1.29, 1.82) is 0 Å². The number of aliphatic hydroxyl groups excluding tert-OH is 1. The number of H-pyrrole nitrogens is 1. The molecule has 0 saturated carbocycles. The predicted octanol–water partition coefficient (Wildman–Crippen LogP) is 2.99. The van der Waals surface area contributed by atoms with Crippen LogP contribution in [0.15, 0.2) is 60.8 Å². The molecule has 3 aromatic rings. The van der Waals surface area contributed by atoms with Gasteiger partial charge in [0.15, 0.2) is 0 Å². The Hall–Kier alpha value is -3.42. The third-order valence-electron chi connectivity index (χ3n) is 6.87. The molecule has 0 spiro atoms. The number of rotatable bonds is 7.